The maximum atomic E-state index is 13.2. The lowest BCUT2D eigenvalue weighted by atomic mass is 9.96. The second kappa shape index (κ2) is 6.14. The number of likely N-dealkylation sites (tertiary alicyclic amines) is 1. The van der Waals surface area contributed by atoms with Crippen LogP contribution in [0.25, 0.3) is 10.9 Å². The number of pyridine rings is 1. The summed E-state index contributed by atoms with van der Waals surface area (Å²) in [4.78, 5) is 31.0. The van der Waals surface area contributed by atoms with Gasteiger partial charge in [0.05, 0.1) is 17.0 Å². The Hall–Kier alpha value is -2.43. The minimum atomic E-state index is -0.813. The van der Waals surface area contributed by atoms with Crippen LogP contribution in [0.2, 0.25) is 0 Å². The predicted molar refractivity (Wildman–Crippen MR) is 94.7 cm³/mol. The van der Waals surface area contributed by atoms with Gasteiger partial charge in [0.2, 0.25) is 0 Å². The third kappa shape index (κ3) is 3.11. The van der Waals surface area contributed by atoms with Crippen LogP contribution in [-0.4, -0.2) is 40.0 Å². The zero-order valence-electron chi connectivity index (χ0n) is 14.4. The molecule has 1 saturated carbocycles. The van der Waals surface area contributed by atoms with E-state index in [4.69, 9.17) is 4.98 Å². The van der Waals surface area contributed by atoms with Gasteiger partial charge in [-0.2, -0.15) is 0 Å². The van der Waals surface area contributed by atoms with Crippen LogP contribution in [0.3, 0.4) is 0 Å². The Morgan fingerprint density at radius 1 is 1.20 bits per heavy atom. The van der Waals surface area contributed by atoms with Gasteiger partial charge < -0.3 is 10.0 Å². The molecule has 1 aromatic carbocycles. The average Bonchev–Trinajstić information content (AvgIpc) is 3.45. The number of hydrogen-bond acceptors (Lipinski definition) is 3. The van der Waals surface area contributed by atoms with Crippen LogP contribution in [0.15, 0.2) is 24.3 Å². The van der Waals surface area contributed by atoms with E-state index < -0.39 is 11.9 Å². The quantitative estimate of drug-likeness (QED) is 0.931. The van der Waals surface area contributed by atoms with Crippen molar-refractivity contribution in [3.8, 4) is 0 Å². The molecular weight excluding hydrogens is 316 g/mol. The molecule has 1 aliphatic carbocycles. The van der Waals surface area contributed by atoms with E-state index in [-0.39, 0.29) is 5.91 Å². The predicted octanol–water partition coefficient (Wildman–Crippen LogP) is 3.36. The van der Waals surface area contributed by atoms with Crippen LogP contribution in [0.4, 0.5) is 0 Å². The van der Waals surface area contributed by atoms with Gasteiger partial charge in [-0.1, -0.05) is 11.6 Å². The second-order valence-corrected chi connectivity index (χ2v) is 7.32. The maximum Gasteiger partial charge on any atom is 0.308 e. The van der Waals surface area contributed by atoms with Gasteiger partial charge in [0.15, 0.2) is 0 Å². The summed E-state index contributed by atoms with van der Waals surface area (Å²) in [6, 6.07) is 7.93. The number of rotatable bonds is 3. The topological polar surface area (TPSA) is 70.5 Å². The first-order chi connectivity index (χ1) is 12.0. The van der Waals surface area contributed by atoms with Crippen molar-refractivity contribution in [3.05, 3.63) is 41.1 Å². The number of amides is 1. The van der Waals surface area contributed by atoms with Crippen molar-refractivity contribution in [3.63, 3.8) is 0 Å². The van der Waals surface area contributed by atoms with E-state index in [1.165, 1.54) is 0 Å². The fourth-order valence-corrected chi connectivity index (χ4v) is 3.66. The minimum absolute atomic E-state index is 0.0640. The molecular formula is C20H22N2O3. The molecule has 0 bridgehead atoms. The number of aliphatic carboxylic acids is 1. The third-order valence-corrected chi connectivity index (χ3v) is 5.27. The van der Waals surface area contributed by atoms with Gasteiger partial charge in [-0.25, -0.2) is 0 Å². The number of benzene rings is 1. The van der Waals surface area contributed by atoms with Gasteiger partial charge in [-0.15, -0.1) is 0 Å². The first-order valence-electron chi connectivity index (χ1n) is 8.96. The number of carbonyl (C=O) groups is 2. The molecule has 1 N–H and O–H groups in total. The van der Waals surface area contributed by atoms with Crippen LogP contribution in [0.1, 0.15) is 53.2 Å². The molecule has 4 rings (SSSR count). The number of carboxylic acid groups (broad SMARTS) is 1. The van der Waals surface area contributed by atoms with Gasteiger partial charge in [0.25, 0.3) is 5.91 Å². The second-order valence-electron chi connectivity index (χ2n) is 7.32. The standard InChI is InChI=1S/C20H22N2O3/c1-12-4-7-17-15(9-12)16(10-18(21-17)13-5-6-13)19(23)22-8-2-3-14(11-22)20(24)25/h4,7,9-10,13-14H,2-3,5-6,8,11H2,1H3,(H,24,25). The molecule has 1 saturated heterocycles. The molecule has 2 aliphatic rings. The number of carboxylic acids is 1. The molecule has 1 atom stereocenters. The molecule has 5 heteroatoms. The van der Waals surface area contributed by atoms with Crippen LogP contribution < -0.4 is 0 Å². The summed E-state index contributed by atoms with van der Waals surface area (Å²) in [5, 5.41) is 10.2. The SMILES string of the molecule is Cc1ccc2nc(C3CC3)cc(C(=O)N3CCCC(C(=O)O)C3)c2c1. The summed E-state index contributed by atoms with van der Waals surface area (Å²) in [5.41, 5.74) is 3.60. The van der Waals surface area contributed by atoms with E-state index in [1.54, 1.807) is 4.90 Å². The molecule has 2 heterocycles. The molecule has 130 valence electrons. The monoisotopic (exact) mass is 338 g/mol. The van der Waals surface area contributed by atoms with Crippen LogP contribution in [-0.2, 0) is 4.79 Å². The van der Waals surface area contributed by atoms with E-state index >= 15 is 0 Å². The Labute approximate surface area is 146 Å². The van der Waals surface area contributed by atoms with Crippen molar-refractivity contribution in [2.45, 2.75) is 38.5 Å². The number of nitrogens with zero attached hydrogens (tertiary/aromatic N) is 2. The molecule has 25 heavy (non-hydrogen) atoms. The average molecular weight is 338 g/mol. The fraction of sp³-hybridized carbons (Fsp3) is 0.450. The molecule has 5 nitrogen and oxygen atoms in total. The molecule has 0 spiro atoms. The third-order valence-electron chi connectivity index (χ3n) is 5.27. The maximum absolute atomic E-state index is 13.2. The number of hydrogen-bond donors (Lipinski definition) is 1. The number of piperidine rings is 1. The van der Waals surface area contributed by atoms with E-state index in [1.807, 2.05) is 31.2 Å². The smallest absolute Gasteiger partial charge is 0.308 e. The zero-order valence-corrected chi connectivity index (χ0v) is 14.4. The number of fused-ring (bicyclic) bond motifs is 1. The first-order valence-corrected chi connectivity index (χ1v) is 8.96. The van der Waals surface area contributed by atoms with Crippen molar-refractivity contribution in [2.75, 3.05) is 13.1 Å². The Bertz CT molecular complexity index is 857. The highest BCUT2D eigenvalue weighted by Crippen LogP contribution is 2.40. The Balaban J connectivity index is 1.75. The van der Waals surface area contributed by atoms with E-state index in [9.17, 15) is 14.7 Å². The van der Waals surface area contributed by atoms with Crippen molar-refractivity contribution >= 4 is 22.8 Å². The molecule has 2 aromatic rings. The summed E-state index contributed by atoms with van der Waals surface area (Å²) in [5.74, 6) is -0.877. The highest BCUT2D eigenvalue weighted by atomic mass is 16.4. The van der Waals surface area contributed by atoms with Gasteiger partial charge in [-0.05, 0) is 50.8 Å². The van der Waals surface area contributed by atoms with Gasteiger partial charge >= 0.3 is 5.97 Å². The van der Waals surface area contributed by atoms with Crippen LogP contribution >= 0.6 is 0 Å². The van der Waals surface area contributed by atoms with Crippen LogP contribution in [0, 0.1) is 12.8 Å². The first kappa shape index (κ1) is 16.1. The molecule has 1 aromatic heterocycles. The van der Waals surface area contributed by atoms with Crippen molar-refractivity contribution in [1.82, 2.24) is 9.88 Å². The molecule has 0 radical (unpaired) electrons. The largest absolute Gasteiger partial charge is 0.481 e. The van der Waals surface area contributed by atoms with Crippen molar-refractivity contribution in [1.29, 1.82) is 0 Å². The van der Waals surface area contributed by atoms with E-state index in [0.29, 0.717) is 31.0 Å². The van der Waals surface area contributed by atoms with E-state index in [2.05, 4.69) is 0 Å². The van der Waals surface area contributed by atoms with Gasteiger partial charge in [0.1, 0.15) is 0 Å². The minimum Gasteiger partial charge on any atom is -0.481 e. The Morgan fingerprint density at radius 2 is 2.00 bits per heavy atom. The molecule has 1 amide bonds. The number of aromatic nitrogens is 1. The summed E-state index contributed by atoms with van der Waals surface area (Å²) in [6.07, 6.45) is 3.63. The Morgan fingerprint density at radius 3 is 2.72 bits per heavy atom. The lowest BCUT2D eigenvalue weighted by Crippen LogP contribution is -2.42. The lowest BCUT2D eigenvalue weighted by molar-refractivity contribution is -0.143. The van der Waals surface area contributed by atoms with Gasteiger partial charge in [0, 0.05) is 30.1 Å². The van der Waals surface area contributed by atoms with Gasteiger partial charge in [-0.3, -0.25) is 14.6 Å². The number of carbonyl (C=O) groups excluding carboxylic acids is 1. The highest BCUT2D eigenvalue weighted by Gasteiger charge is 2.31. The summed E-state index contributed by atoms with van der Waals surface area (Å²) < 4.78 is 0. The normalized spacial score (nSPS) is 20.7. The zero-order chi connectivity index (χ0) is 17.6. The van der Waals surface area contributed by atoms with E-state index in [0.717, 1.165) is 41.4 Å². The molecule has 1 unspecified atom stereocenters. The van der Waals surface area contributed by atoms with Crippen LogP contribution in [0.5, 0.6) is 0 Å². The summed E-state index contributed by atoms with van der Waals surface area (Å²) >= 11 is 0. The lowest BCUT2D eigenvalue weighted by Gasteiger charge is -2.31. The highest BCUT2D eigenvalue weighted by molar-refractivity contribution is 6.06. The summed E-state index contributed by atoms with van der Waals surface area (Å²) in [6.45, 7) is 2.92. The van der Waals surface area contributed by atoms with Crippen molar-refractivity contribution < 1.29 is 14.7 Å². The van der Waals surface area contributed by atoms with Crippen molar-refractivity contribution in [2.24, 2.45) is 5.92 Å². The molecule has 2 fully saturated rings. The molecule has 1 aliphatic heterocycles. The number of aryl methyl sites for hydroxylation is 1. The Kier molecular flexibility index (Phi) is 3.94. The summed E-state index contributed by atoms with van der Waals surface area (Å²) in [7, 11) is 0. The fourth-order valence-electron chi connectivity index (χ4n) is 3.66.